The number of hydrogen-bond donors (Lipinski definition) is 1. The third-order valence-electron chi connectivity index (χ3n) is 2.94. The Morgan fingerprint density at radius 2 is 1.83 bits per heavy atom. The monoisotopic (exact) mass is 261 g/mol. The summed E-state index contributed by atoms with van der Waals surface area (Å²) in [5, 5.41) is 0.989. The zero-order valence-corrected chi connectivity index (χ0v) is 12.1. The van der Waals surface area contributed by atoms with Crippen LogP contribution < -0.4 is 10.6 Å². The molecule has 0 spiro atoms. The van der Waals surface area contributed by atoms with Gasteiger partial charge in [0.15, 0.2) is 5.13 Å². The second-order valence-electron chi connectivity index (χ2n) is 4.63. The quantitative estimate of drug-likeness (QED) is 0.918. The zero-order valence-electron chi connectivity index (χ0n) is 11.3. The van der Waals surface area contributed by atoms with Crippen LogP contribution in [0.15, 0.2) is 24.3 Å². The van der Waals surface area contributed by atoms with Crippen molar-refractivity contribution < 1.29 is 0 Å². The minimum atomic E-state index is 0.0441. The Morgan fingerprint density at radius 3 is 2.33 bits per heavy atom. The predicted molar refractivity (Wildman–Crippen MR) is 78.7 cm³/mol. The van der Waals surface area contributed by atoms with E-state index in [9.17, 15) is 0 Å². The van der Waals surface area contributed by atoms with Crippen LogP contribution >= 0.6 is 11.3 Å². The fraction of sp³-hybridized carbons (Fsp3) is 0.357. The van der Waals surface area contributed by atoms with Gasteiger partial charge in [0, 0.05) is 23.7 Å². The van der Waals surface area contributed by atoms with E-state index in [0.29, 0.717) is 0 Å². The summed E-state index contributed by atoms with van der Waals surface area (Å²) in [6, 6.07) is 8.48. The van der Waals surface area contributed by atoms with Crippen LogP contribution in [-0.4, -0.2) is 12.0 Å². The highest BCUT2D eigenvalue weighted by molar-refractivity contribution is 7.15. The Kier molecular flexibility index (Phi) is 3.68. The van der Waals surface area contributed by atoms with E-state index in [0.717, 1.165) is 21.4 Å². The van der Waals surface area contributed by atoms with Crippen molar-refractivity contribution in [2.24, 2.45) is 5.73 Å². The highest BCUT2D eigenvalue weighted by Crippen LogP contribution is 2.32. The molecule has 2 aromatic rings. The lowest BCUT2D eigenvalue weighted by atomic mass is 10.2. The molecule has 96 valence electrons. The first-order valence-corrected chi connectivity index (χ1v) is 6.84. The summed E-state index contributed by atoms with van der Waals surface area (Å²) in [4.78, 5) is 7.85. The lowest BCUT2D eigenvalue weighted by Gasteiger charge is -2.15. The molecule has 0 amide bonds. The molecule has 1 unspecified atom stereocenters. The topological polar surface area (TPSA) is 42.2 Å². The number of benzene rings is 1. The molecule has 0 aliphatic heterocycles. The third-order valence-corrected chi connectivity index (χ3v) is 4.38. The van der Waals surface area contributed by atoms with Crippen LogP contribution in [0.5, 0.6) is 0 Å². The molecule has 2 rings (SSSR count). The van der Waals surface area contributed by atoms with Gasteiger partial charge in [-0.3, -0.25) is 0 Å². The molecule has 0 bridgehead atoms. The molecule has 1 aromatic carbocycles. The van der Waals surface area contributed by atoms with Gasteiger partial charge in [-0.2, -0.15) is 0 Å². The van der Waals surface area contributed by atoms with Gasteiger partial charge in [0.25, 0.3) is 0 Å². The SMILES string of the molecule is Cc1ccc(N(C)c2nc(C)c(C(C)N)s2)cc1. The average molecular weight is 261 g/mol. The van der Waals surface area contributed by atoms with Gasteiger partial charge in [-0.15, -0.1) is 0 Å². The predicted octanol–water partition coefficient (Wildman–Crippen LogP) is 3.55. The third kappa shape index (κ3) is 2.54. The van der Waals surface area contributed by atoms with E-state index in [4.69, 9.17) is 5.73 Å². The molecule has 0 radical (unpaired) electrons. The minimum absolute atomic E-state index is 0.0441. The Morgan fingerprint density at radius 1 is 1.22 bits per heavy atom. The fourth-order valence-electron chi connectivity index (χ4n) is 1.84. The standard InChI is InChI=1S/C14H19N3S/c1-9-5-7-12(8-6-9)17(4)14-16-11(3)13(18-14)10(2)15/h5-8,10H,15H2,1-4H3. The van der Waals surface area contributed by atoms with E-state index < -0.39 is 0 Å². The van der Waals surface area contributed by atoms with Gasteiger partial charge in [-0.1, -0.05) is 29.0 Å². The number of anilines is 2. The van der Waals surface area contributed by atoms with Crippen LogP contribution in [0.2, 0.25) is 0 Å². The largest absolute Gasteiger partial charge is 0.323 e. The van der Waals surface area contributed by atoms with Crippen LogP contribution in [0.4, 0.5) is 10.8 Å². The van der Waals surface area contributed by atoms with Crippen molar-refractivity contribution in [2.75, 3.05) is 11.9 Å². The maximum atomic E-state index is 5.94. The van der Waals surface area contributed by atoms with Crippen LogP contribution in [0.3, 0.4) is 0 Å². The van der Waals surface area contributed by atoms with E-state index in [2.05, 4.69) is 41.1 Å². The first-order chi connectivity index (χ1) is 8.49. The molecule has 0 aliphatic carbocycles. The summed E-state index contributed by atoms with van der Waals surface area (Å²) < 4.78 is 0. The normalized spacial score (nSPS) is 12.5. The zero-order chi connectivity index (χ0) is 13.3. The van der Waals surface area contributed by atoms with Gasteiger partial charge >= 0.3 is 0 Å². The maximum Gasteiger partial charge on any atom is 0.190 e. The first kappa shape index (κ1) is 13.1. The van der Waals surface area contributed by atoms with E-state index in [1.54, 1.807) is 11.3 Å². The molecule has 0 saturated heterocycles. The maximum absolute atomic E-state index is 5.94. The lowest BCUT2D eigenvalue weighted by Crippen LogP contribution is -2.08. The molecule has 0 aliphatic rings. The molecule has 1 atom stereocenters. The van der Waals surface area contributed by atoms with E-state index in [1.807, 2.05) is 20.9 Å². The summed E-state index contributed by atoms with van der Waals surface area (Å²) in [5.74, 6) is 0. The Bertz CT molecular complexity index is 528. The Balaban J connectivity index is 2.31. The van der Waals surface area contributed by atoms with E-state index in [-0.39, 0.29) is 6.04 Å². The van der Waals surface area contributed by atoms with Gasteiger partial charge in [0.05, 0.1) is 5.69 Å². The van der Waals surface area contributed by atoms with Crippen molar-refractivity contribution in [1.29, 1.82) is 0 Å². The van der Waals surface area contributed by atoms with Gasteiger partial charge in [-0.05, 0) is 32.9 Å². The summed E-state index contributed by atoms with van der Waals surface area (Å²) in [6.07, 6.45) is 0. The van der Waals surface area contributed by atoms with E-state index in [1.165, 1.54) is 5.56 Å². The minimum Gasteiger partial charge on any atom is -0.323 e. The van der Waals surface area contributed by atoms with Crippen LogP contribution in [0.25, 0.3) is 0 Å². The summed E-state index contributed by atoms with van der Waals surface area (Å²) in [5.41, 5.74) is 9.38. The second-order valence-corrected chi connectivity index (χ2v) is 5.64. The number of aryl methyl sites for hydroxylation is 2. The summed E-state index contributed by atoms with van der Waals surface area (Å²) in [7, 11) is 2.04. The van der Waals surface area contributed by atoms with Gasteiger partial charge in [-0.25, -0.2) is 4.98 Å². The van der Waals surface area contributed by atoms with Crippen LogP contribution in [0, 0.1) is 13.8 Å². The van der Waals surface area contributed by atoms with Crippen molar-refractivity contribution in [3.8, 4) is 0 Å². The highest BCUT2D eigenvalue weighted by Gasteiger charge is 2.14. The Hall–Kier alpha value is -1.39. The van der Waals surface area contributed by atoms with Gasteiger partial charge < -0.3 is 10.6 Å². The Labute approximate surface area is 112 Å². The van der Waals surface area contributed by atoms with Crippen molar-refractivity contribution in [3.63, 3.8) is 0 Å². The molecule has 0 fully saturated rings. The lowest BCUT2D eigenvalue weighted by molar-refractivity contribution is 0.825. The molecule has 2 N–H and O–H groups in total. The van der Waals surface area contributed by atoms with Gasteiger partial charge in [0.1, 0.15) is 0 Å². The number of rotatable bonds is 3. The van der Waals surface area contributed by atoms with E-state index >= 15 is 0 Å². The molecular formula is C14H19N3S. The second kappa shape index (κ2) is 5.08. The van der Waals surface area contributed by atoms with Gasteiger partial charge in [0.2, 0.25) is 0 Å². The molecule has 1 aromatic heterocycles. The summed E-state index contributed by atoms with van der Waals surface area (Å²) in [6.45, 7) is 6.10. The molecule has 0 saturated carbocycles. The number of thiazole rings is 1. The number of aromatic nitrogens is 1. The molecular weight excluding hydrogens is 242 g/mol. The first-order valence-electron chi connectivity index (χ1n) is 6.02. The molecule has 3 nitrogen and oxygen atoms in total. The number of nitrogens with two attached hydrogens (primary N) is 1. The smallest absolute Gasteiger partial charge is 0.190 e. The molecule has 18 heavy (non-hydrogen) atoms. The number of nitrogens with zero attached hydrogens (tertiary/aromatic N) is 2. The van der Waals surface area contributed by atoms with Crippen LogP contribution in [0.1, 0.15) is 29.1 Å². The summed E-state index contributed by atoms with van der Waals surface area (Å²) >= 11 is 1.66. The van der Waals surface area contributed by atoms with Crippen molar-refractivity contribution in [3.05, 3.63) is 40.4 Å². The molecule has 1 heterocycles. The number of hydrogen-bond acceptors (Lipinski definition) is 4. The van der Waals surface area contributed by atoms with Crippen molar-refractivity contribution in [2.45, 2.75) is 26.8 Å². The molecule has 4 heteroatoms. The van der Waals surface area contributed by atoms with Crippen LogP contribution in [-0.2, 0) is 0 Å². The highest BCUT2D eigenvalue weighted by atomic mass is 32.1. The average Bonchev–Trinajstić information content (AvgIpc) is 2.71. The van der Waals surface area contributed by atoms with Crippen molar-refractivity contribution in [1.82, 2.24) is 4.98 Å². The fourth-order valence-corrected chi connectivity index (χ4v) is 2.84. The van der Waals surface area contributed by atoms with Crippen molar-refractivity contribution >= 4 is 22.2 Å².